The van der Waals surface area contributed by atoms with E-state index >= 15 is 0 Å². The van der Waals surface area contributed by atoms with Crippen LogP contribution in [0.1, 0.15) is 22.6 Å². The maximum atomic E-state index is 12.1. The molecule has 0 unspecified atom stereocenters. The van der Waals surface area contributed by atoms with Crippen LogP contribution in [0.3, 0.4) is 0 Å². The van der Waals surface area contributed by atoms with Gasteiger partial charge < -0.3 is 5.32 Å². The van der Waals surface area contributed by atoms with Crippen molar-refractivity contribution in [3.63, 3.8) is 0 Å². The second kappa shape index (κ2) is 7.96. The number of hydrogen-bond acceptors (Lipinski definition) is 4. The molecule has 3 aromatic rings. The molecule has 0 aromatic carbocycles. The van der Waals surface area contributed by atoms with E-state index in [9.17, 15) is 4.79 Å². The number of nitrogens with one attached hydrogen (secondary N) is 1. The van der Waals surface area contributed by atoms with Gasteiger partial charge in [0.25, 0.3) is 5.91 Å². The van der Waals surface area contributed by atoms with E-state index in [1.54, 1.807) is 27.8 Å². The molecule has 0 bridgehead atoms. The predicted octanol–water partition coefficient (Wildman–Crippen LogP) is 2.44. The van der Waals surface area contributed by atoms with E-state index in [1.807, 2.05) is 24.0 Å². The second-order valence-corrected chi connectivity index (χ2v) is 7.28. The van der Waals surface area contributed by atoms with Gasteiger partial charge in [0.15, 0.2) is 0 Å². The Hall–Kier alpha value is -1.94. The van der Waals surface area contributed by atoms with E-state index in [-0.39, 0.29) is 5.91 Å². The Morgan fingerprint density at radius 2 is 2.04 bits per heavy atom. The number of carbonyl (C=O) groups excluding carboxylic acids is 1. The average Bonchev–Trinajstić information content (AvgIpc) is 3.27. The zero-order valence-electron chi connectivity index (χ0n) is 13.6. The lowest BCUT2D eigenvalue weighted by Crippen LogP contribution is -2.26. The molecule has 0 aliphatic rings. The summed E-state index contributed by atoms with van der Waals surface area (Å²) < 4.78 is 7.15. The Bertz CT molecular complexity index is 847. The van der Waals surface area contributed by atoms with Gasteiger partial charge in [0, 0.05) is 31.7 Å². The van der Waals surface area contributed by atoms with Crippen molar-refractivity contribution < 1.29 is 4.79 Å². The number of hydrogen-bond donors (Lipinski definition) is 1. The lowest BCUT2D eigenvalue weighted by molar-refractivity contribution is 0.0946. The lowest BCUT2D eigenvalue weighted by atomic mass is 10.3. The van der Waals surface area contributed by atoms with Gasteiger partial charge in [0.1, 0.15) is 12.4 Å². The van der Waals surface area contributed by atoms with Crippen molar-refractivity contribution in [1.82, 2.24) is 34.7 Å². The van der Waals surface area contributed by atoms with Crippen molar-refractivity contribution in [2.75, 3.05) is 6.54 Å². The summed E-state index contributed by atoms with van der Waals surface area (Å²) in [6, 6.07) is 1.70. The van der Waals surface area contributed by atoms with Crippen molar-refractivity contribution in [2.24, 2.45) is 0 Å². The van der Waals surface area contributed by atoms with Gasteiger partial charge in [-0.25, -0.2) is 4.68 Å². The van der Waals surface area contributed by atoms with E-state index in [0.717, 1.165) is 27.6 Å². The zero-order valence-corrected chi connectivity index (χ0v) is 16.7. The largest absolute Gasteiger partial charge is 0.351 e. The molecule has 0 fully saturated rings. The van der Waals surface area contributed by atoms with E-state index in [1.165, 1.54) is 0 Å². The molecule has 0 atom stereocenters. The van der Waals surface area contributed by atoms with Gasteiger partial charge in [-0.05, 0) is 51.3 Å². The zero-order chi connectivity index (χ0) is 17.8. The standard InChI is InChI=1S/C15H17Br2N7O/c1-11-13(17)9-22(20-11)5-2-4-18-15(25)14-3-6-23(21-14)10-24-8-12(16)7-19-24/h3,6-9H,2,4-5,10H2,1H3,(H,18,25). The fraction of sp³-hybridized carbons (Fsp3) is 0.333. The van der Waals surface area contributed by atoms with Gasteiger partial charge in [0.2, 0.25) is 0 Å². The number of nitrogens with zero attached hydrogens (tertiary/aromatic N) is 6. The summed E-state index contributed by atoms with van der Waals surface area (Å²) in [5.41, 5.74) is 1.35. The first-order valence-electron chi connectivity index (χ1n) is 7.70. The summed E-state index contributed by atoms with van der Waals surface area (Å²) in [4.78, 5) is 12.1. The normalized spacial score (nSPS) is 11.0. The first kappa shape index (κ1) is 17.9. The topological polar surface area (TPSA) is 82.6 Å². The summed E-state index contributed by atoms with van der Waals surface area (Å²) in [6.45, 7) is 3.71. The number of rotatable bonds is 7. The van der Waals surface area contributed by atoms with Crippen molar-refractivity contribution in [1.29, 1.82) is 0 Å². The molecule has 3 aromatic heterocycles. The van der Waals surface area contributed by atoms with Crippen LogP contribution in [0, 0.1) is 6.92 Å². The Morgan fingerprint density at radius 3 is 2.72 bits per heavy atom. The van der Waals surface area contributed by atoms with Gasteiger partial charge in [-0.15, -0.1) is 0 Å². The van der Waals surface area contributed by atoms with Gasteiger partial charge in [-0.1, -0.05) is 0 Å². The van der Waals surface area contributed by atoms with Crippen LogP contribution in [0.15, 0.2) is 39.8 Å². The molecular formula is C15H17Br2N7O. The minimum absolute atomic E-state index is 0.182. The Labute approximate surface area is 161 Å². The van der Waals surface area contributed by atoms with Crippen molar-refractivity contribution in [3.8, 4) is 0 Å². The molecule has 0 radical (unpaired) electrons. The number of carbonyl (C=O) groups is 1. The Balaban J connectivity index is 1.45. The SMILES string of the molecule is Cc1nn(CCCNC(=O)c2ccn(Cn3cc(Br)cn3)n2)cc1Br. The summed E-state index contributed by atoms with van der Waals surface area (Å²) in [7, 11) is 0. The van der Waals surface area contributed by atoms with Crippen LogP contribution in [-0.2, 0) is 13.2 Å². The first-order valence-corrected chi connectivity index (χ1v) is 9.29. The fourth-order valence-electron chi connectivity index (χ4n) is 2.27. The molecule has 0 aliphatic heterocycles. The molecule has 25 heavy (non-hydrogen) atoms. The minimum Gasteiger partial charge on any atom is -0.351 e. The number of aromatic nitrogens is 6. The summed E-state index contributed by atoms with van der Waals surface area (Å²) in [5, 5.41) is 15.7. The van der Waals surface area contributed by atoms with E-state index in [4.69, 9.17) is 0 Å². The third-order valence-corrected chi connectivity index (χ3v) is 4.69. The molecular weight excluding hydrogens is 454 g/mol. The molecule has 8 nitrogen and oxygen atoms in total. The quantitative estimate of drug-likeness (QED) is 0.537. The van der Waals surface area contributed by atoms with E-state index in [2.05, 4.69) is 52.5 Å². The second-order valence-electron chi connectivity index (χ2n) is 5.51. The maximum Gasteiger partial charge on any atom is 0.271 e. The highest BCUT2D eigenvalue weighted by molar-refractivity contribution is 9.10. The Kier molecular flexibility index (Phi) is 5.69. The lowest BCUT2D eigenvalue weighted by Gasteiger charge is -2.04. The molecule has 0 aliphatic carbocycles. The third kappa shape index (κ3) is 4.79. The molecule has 1 N–H and O–H groups in total. The maximum absolute atomic E-state index is 12.1. The average molecular weight is 471 g/mol. The van der Waals surface area contributed by atoms with Gasteiger partial charge in [0.05, 0.1) is 20.8 Å². The van der Waals surface area contributed by atoms with Crippen LogP contribution in [0.25, 0.3) is 0 Å². The van der Waals surface area contributed by atoms with Gasteiger partial charge in [-0.2, -0.15) is 15.3 Å². The third-order valence-electron chi connectivity index (χ3n) is 3.50. The van der Waals surface area contributed by atoms with Gasteiger partial charge in [-0.3, -0.25) is 14.2 Å². The molecule has 0 spiro atoms. The molecule has 1 amide bonds. The van der Waals surface area contributed by atoms with Crippen molar-refractivity contribution in [2.45, 2.75) is 26.6 Å². The van der Waals surface area contributed by atoms with Crippen LogP contribution in [0.2, 0.25) is 0 Å². The molecule has 10 heteroatoms. The minimum atomic E-state index is -0.182. The van der Waals surface area contributed by atoms with Crippen LogP contribution >= 0.6 is 31.9 Å². The summed E-state index contributed by atoms with van der Waals surface area (Å²) in [5.74, 6) is -0.182. The fourth-order valence-corrected chi connectivity index (χ4v) is 2.91. The number of halogens is 2. The molecule has 3 rings (SSSR count). The van der Waals surface area contributed by atoms with Crippen LogP contribution < -0.4 is 5.32 Å². The van der Waals surface area contributed by atoms with Crippen LogP contribution in [0.5, 0.6) is 0 Å². The van der Waals surface area contributed by atoms with Crippen molar-refractivity contribution >= 4 is 37.8 Å². The number of amides is 1. The highest BCUT2D eigenvalue weighted by Crippen LogP contribution is 2.13. The molecule has 0 saturated carbocycles. The summed E-state index contributed by atoms with van der Waals surface area (Å²) >= 11 is 6.78. The highest BCUT2D eigenvalue weighted by atomic mass is 79.9. The number of aryl methyl sites for hydroxylation is 2. The molecule has 132 valence electrons. The van der Waals surface area contributed by atoms with E-state index < -0.39 is 0 Å². The molecule has 0 saturated heterocycles. The van der Waals surface area contributed by atoms with E-state index in [0.29, 0.717) is 18.9 Å². The summed E-state index contributed by atoms with van der Waals surface area (Å²) in [6.07, 6.45) is 8.04. The highest BCUT2D eigenvalue weighted by Gasteiger charge is 2.09. The molecule has 3 heterocycles. The smallest absolute Gasteiger partial charge is 0.271 e. The monoisotopic (exact) mass is 469 g/mol. The van der Waals surface area contributed by atoms with Gasteiger partial charge >= 0.3 is 0 Å². The van der Waals surface area contributed by atoms with Crippen LogP contribution in [-0.4, -0.2) is 41.8 Å². The Morgan fingerprint density at radius 1 is 1.20 bits per heavy atom. The van der Waals surface area contributed by atoms with Crippen LogP contribution in [0.4, 0.5) is 0 Å². The predicted molar refractivity (Wildman–Crippen MR) is 99.2 cm³/mol. The first-order chi connectivity index (χ1) is 12.0. The van der Waals surface area contributed by atoms with Crippen molar-refractivity contribution in [3.05, 3.63) is 51.2 Å².